The molecule has 0 fully saturated rings. The standard InChI is InChI=1S/C16H10N2/c17-11-12-4-3-6-14(10-12)16-9-8-13-5-1-2-7-15(13)18-16/h1-10H. The van der Waals surface area contributed by atoms with Gasteiger partial charge in [-0.1, -0.05) is 36.4 Å². The van der Waals surface area contributed by atoms with Gasteiger partial charge in [0.1, 0.15) is 0 Å². The highest BCUT2D eigenvalue weighted by Crippen LogP contribution is 2.21. The number of pyridine rings is 1. The summed E-state index contributed by atoms with van der Waals surface area (Å²) in [4.78, 5) is 4.61. The average molecular weight is 230 g/mol. The number of rotatable bonds is 1. The van der Waals surface area contributed by atoms with Gasteiger partial charge >= 0.3 is 0 Å². The van der Waals surface area contributed by atoms with Crippen molar-refractivity contribution >= 4 is 10.9 Å². The zero-order valence-corrected chi connectivity index (χ0v) is 9.67. The lowest BCUT2D eigenvalue weighted by atomic mass is 10.1. The van der Waals surface area contributed by atoms with E-state index in [-0.39, 0.29) is 0 Å². The number of aromatic nitrogens is 1. The summed E-state index contributed by atoms with van der Waals surface area (Å²) in [5.41, 5.74) is 3.49. The van der Waals surface area contributed by atoms with Crippen LogP contribution in [0.4, 0.5) is 0 Å². The highest BCUT2D eigenvalue weighted by molar-refractivity contribution is 5.81. The third-order valence-corrected chi connectivity index (χ3v) is 2.89. The first kappa shape index (κ1) is 10.5. The fraction of sp³-hybridized carbons (Fsp3) is 0. The number of benzene rings is 2. The van der Waals surface area contributed by atoms with Gasteiger partial charge in [0.25, 0.3) is 0 Å². The zero-order chi connectivity index (χ0) is 12.4. The number of hydrogen-bond acceptors (Lipinski definition) is 2. The van der Waals surface area contributed by atoms with Crippen LogP contribution in [-0.2, 0) is 0 Å². The summed E-state index contributed by atoms with van der Waals surface area (Å²) >= 11 is 0. The molecule has 0 spiro atoms. The van der Waals surface area contributed by atoms with Crippen molar-refractivity contribution in [3.05, 3.63) is 66.2 Å². The molecular formula is C16H10N2. The first-order valence-electron chi connectivity index (χ1n) is 5.73. The van der Waals surface area contributed by atoms with Gasteiger partial charge in [-0.2, -0.15) is 5.26 Å². The van der Waals surface area contributed by atoms with Gasteiger partial charge < -0.3 is 0 Å². The lowest BCUT2D eigenvalue weighted by molar-refractivity contribution is 1.39. The number of nitriles is 1. The molecule has 0 N–H and O–H groups in total. The van der Waals surface area contributed by atoms with E-state index in [0.717, 1.165) is 22.2 Å². The number of para-hydroxylation sites is 1. The maximum absolute atomic E-state index is 8.91. The van der Waals surface area contributed by atoms with Crippen molar-refractivity contribution in [3.8, 4) is 17.3 Å². The zero-order valence-electron chi connectivity index (χ0n) is 9.67. The second kappa shape index (κ2) is 4.31. The van der Waals surface area contributed by atoms with Crippen molar-refractivity contribution in [2.24, 2.45) is 0 Å². The lowest BCUT2D eigenvalue weighted by Gasteiger charge is -2.03. The summed E-state index contributed by atoms with van der Waals surface area (Å²) in [5, 5.41) is 10.0. The Hall–Kier alpha value is -2.66. The average Bonchev–Trinajstić information content (AvgIpc) is 2.47. The predicted molar refractivity (Wildman–Crippen MR) is 71.9 cm³/mol. The molecule has 1 heterocycles. The van der Waals surface area contributed by atoms with Gasteiger partial charge in [-0.15, -0.1) is 0 Å². The molecular weight excluding hydrogens is 220 g/mol. The normalized spacial score (nSPS) is 10.2. The van der Waals surface area contributed by atoms with Gasteiger partial charge in [0.15, 0.2) is 0 Å². The first-order chi connectivity index (χ1) is 8.86. The molecule has 3 aromatic rings. The molecule has 0 saturated heterocycles. The highest BCUT2D eigenvalue weighted by Gasteiger charge is 2.02. The van der Waals surface area contributed by atoms with Gasteiger partial charge in [0, 0.05) is 10.9 Å². The van der Waals surface area contributed by atoms with Gasteiger partial charge in [-0.25, -0.2) is 4.98 Å². The van der Waals surface area contributed by atoms with Crippen molar-refractivity contribution in [1.29, 1.82) is 5.26 Å². The quantitative estimate of drug-likeness (QED) is 0.638. The molecule has 0 saturated carbocycles. The van der Waals surface area contributed by atoms with E-state index in [1.807, 2.05) is 48.5 Å². The number of fused-ring (bicyclic) bond motifs is 1. The second-order valence-electron chi connectivity index (χ2n) is 4.08. The first-order valence-corrected chi connectivity index (χ1v) is 5.73. The topological polar surface area (TPSA) is 36.7 Å². The molecule has 18 heavy (non-hydrogen) atoms. The van der Waals surface area contributed by atoms with Crippen molar-refractivity contribution in [3.63, 3.8) is 0 Å². The SMILES string of the molecule is N#Cc1cccc(-c2ccc3ccccc3n2)c1. The van der Waals surface area contributed by atoms with Crippen LogP contribution >= 0.6 is 0 Å². The Balaban J connectivity index is 2.16. The minimum atomic E-state index is 0.655. The molecule has 0 bridgehead atoms. The molecule has 1 aromatic heterocycles. The molecule has 3 rings (SSSR count). The summed E-state index contributed by atoms with van der Waals surface area (Å²) in [6.45, 7) is 0. The van der Waals surface area contributed by atoms with Crippen LogP contribution in [0.25, 0.3) is 22.2 Å². The van der Waals surface area contributed by atoms with Crippen molar-refractivity contribution in [2.75, 3.05) is 0 Å². The summed E-state index contributed by atoms with van der Waals surface area (Å²) in [6.07, 6.45) is 0. The van der Waals surface area contributed by atoms with Crippen molar-refractivity contribution < 1.29 is 0 Å². The van der Waals surface area contributed by atoms with Crippen LogP contribution in [-0.4, -0.2) is 4.98 Å². The smallest absolute Gasteiger partial charge is 0.0991 e. The Morgan fingerprint density at radius 2 is 1.78 bits per heavy atom. The second-order valence-corrected chi connectivity index (χ2v) is 4.08. The minimum Gasteiger partial charge on any atom is -0.248 e. The molecule has 0 radical (unpaired) electrons. The van der Waals surface area contributed by atoms with E-state index in [9.17, 15) is 0 Å². The van der Waals surface area contributed by atoms with E-state index in [0.29, 0.717) is 5.56 Å². The third kappa shape index (κ3) is 1.83. The fourth-order valence-electron chi connectivity index (χ4n) is 1.97. The summed E-state index contributed by atoms with van der Waals surface area (Å²) in [7, 11) is 0. The van der Waals surface area contributed by atoms with Crippen LogP contribution in [0.5, 0.6) is 0 Å². The van der Waals surface area contributed by atoms with E-state index < -0.39 is 0 Å². The van der Waals surface area contributed by atoms with E-state index in [2.05, 4.69) is 17.1 Å². The highest BCUT2D eigenvalue weighted by atomic mass is 14.7. The maximum Gasteiger partial charge on any atom is 0.0991 e. The van der Waals surface area contributed by atoms with E-state index in [1.165, 1.54) is 0 Å². The number of nitrogens with zero attached hydrogens (tertiary/aromatic N) is 2. The Kier molecular flexibility index (Phi) is 2.51. The third-order valence-electron chi connectivity index (χ3n) is 2.89. The number of hydrogen-bond donors (Lipinski definition) is 0. The molecule has 0 aliphatic carbocycles. The lowest BCUT2D eigenvalue weighted by Crippen LogP contribution is -1.85. The Morgan fingerprint density at radius 3 is 2.67 bits per heavy atom. The van der Waals surface area contributed by atoms with Gasteiger partial charge in [-0.3, -0.25) is 0 Å². The van der Waals surface area contributed by atoms with Crippen LogP contribution in [0.15, 0.2) is 60.7 Å². The Bertz CT molecular complexity index is 754. The van der Waals surface area contributed by atoms with E-state index in [1.54, 1.807) is 6.07 Å². The largest absolute Gasteiger partial charge is 0.248 e. The monoisotopic (exact) mass is 230 g/mol. The summed E-state index contributed by atoms with van der Waals surface area (Å²) < 4.78 is 0. The van der Waals surface area contributed by atoms with Crippen LogP contribution in [0.1, 0.15) is 5.56 Å². The van der Waals surface area contributed by atoms with Crippen molar-refractivity contribution in [1.82, 2.24) is 4.98 Å². The van der Waals surface area contributed by atoms with Gasteiger partial charge in [-0.05, 0) is 24.3 Å². The predicted octanol–water partition coefficient (Wildman–Crippen LogP) is 3.77. The van der Waals surface area contributed by atoms with Crippen LogP contribution in [0.3, 0.4) is 0 Å². The fourth-order valence-corrected chi connectivity index (χ4v) is 1.97. The Labute approximate surface area is 105 Å². The van der Waals surface area contributed by atoms with Crippen molar-refractivity contribution in [2.45, 2.75) is 0 Å². The Morgan fingerprint density at radius 1 is 0.889 bits per heavy atom. The summed E-state index contributed by atoms with van der Waals surface area (Å²) in [5.74, 6) is 0. The molecule has 0 amide bonds. The van der Waals surface area contributed by atoms with Crippen LogP contribution in [0.2, 0.25) is 0 Å². The van der Waals surface area contributed by atoms with Crippen LogP contribution in [0, 0.1) is 11.3 Å². The molecule has 2 aromatic carbocycles. The maximum atomic E-state index is 8.91. The van der Waals surface area contributed by atoms with Crippen LogP contribution < -0.4 is 0 Å². The molecule has 84 valence electrons. The molecule has 2 heteroatoms. The molecule has 2 nitrogen and oxygen atoms in total. The minimum absolute atomic E-state index is 0.655. The molecule has 0 aliphatic heterocycles. The molecule has 0 aliphatic rings. The summed E-state index contributed by atoms with van der Waals surface area (Å²) in [6, 6.07) is 21.7. The van der Waals surface area contributed by atoms with E-state index in [4.69, 9.17) is 5.26 Å². The van der Waals surface area contributed by atoms with E-state index >= 15 is 0 Å². The molecule has 0 unspecified atom stereocenters. The molecule has 0 atom stereocenters. The van der Waals surface area contributed by atoms with Gasteiger partial charge in [0.2, 0.25) is 0 Å². The van der Waals surface area contributed by atoms with Gasteiger partial charge in [0.05, 0.1) is 22.8 Å².